The summed E-state index contributed by atoms with van der Waals surface area (Å²) in [6.07, 6.45) is 0.192. The third-order valence-corrected chi connectivity index (χ3v) is 6.52. The summed E-state index contributed by atoms with van der Waals surface area (Å²) >= 11 is 0. The number of aryl methyl sites for hydroxylation is 1. The number of fused-ring (bicyclic) bond motifs is 4. The summed E-state index contributed by atoms with van der Waals surface area (Å²) in [4.78, 5) is 40.8. The molecule has 0 saturated carbocycles. The van der Waals surface area contributed by atoms with Gasteiger partial charge in [0.15, 0.2) is 6.29 Å². The first-order valence-corrected chi connectivity index (χ1v) is 12.0. The number of hydrogen-bond acceptors (Lipinski definition) is 10. The molecule has 0 fully saturated rings. The maximum atomic E-state index is 14.6. The van der Waals surface area contributed by atoms with Gasteiger partial charge in [-0.2, -0.15) is 0 Å². The van der Waals surface area contributed by atoms with E-state index in [1.54, 1.807) is 13.0 Å². The van der Waals surface area contributed by atoms with Gasteiger partial charge in [-0.15, -0.1) is 0 Å². The summed E-state index contributed by atoms with van der Waals surface area (Å²) in [6, 6.07) is 4.47. The fraction of sp³-hybridized carbons (Fsp3) is 0.308. The van der Waals surface area contributed by atoms with E-state index >= 15 is 0 Å². The van der Waals surface area contributed by atoms with Crippen LogP contribution in [0.3, 0.4) is 0 Å². The minimum absolute atomic E-state index is 0.0441. The number of ether oxygens (including phenoxy) is 1. The molecule has 1 aromatic carbocycles. The SMILES string of the molecule is COCc1c(C(O)C=O)cc2n(c1=O)Cc1c-2nc2cc(F)c(C)cc2c1CN(N)/C=C(\N)CNC(=O)CO. The first kappa shape index (κ1) is 27.9. The lowest BCUT2D eigenvalue weighted by Gasteiger charge is -2.19. The smallest absolute Gasteiger partial charge is 0.257 e. The lowest BCUT2D eigenvalue weighted by atomic mass is 9.98. The maximum absolute atomic E-state index is 14.6. The molecule has 3 heterocycles. The highest BCUT2D eigenvalue weighted by atomic mass is 19.1. The monoisotopic (exact) mass is 540 g/mol. The Kier molecular flexibility index (Phi) is 8.06. The van der Waals surface area contributed by atoms with Gasteiger partial charge < -0.3 is 40.4 Å². The van der Waals surface area contributed by atoms with E-state index in [9.17, 15) is 23.9 Å². The van der Waals surface area contributed by atoms with Crippen LogP contribution in [0.15, 0.2) is 34.9 Å². The largest absolute Gasteiger partial charge is 0.399 e. The summed E-state index contributed by atoms with van der Waals surface area (Å²) in [7, 11) is 1.40. The number of nitrogens with zero attached hydrogens (tertiary/aromatic N) is 3. The second-order valence-electron chi connectivity index (χ2n) is 9.22. The Morgan fingerprint density at radius 3 is 2.77 bits per heavy atom. The Morgan fingerprint density at radius 2 is 2.10 bits per heavy atom. The number of aromatic nitrogens is 2. The van der Waals surface area contributed by atoms with E-state index in [1.807, 2.05) is 0 Å². The second-order valence-corrected chi connectivity index (χ2v) is 9.22. The van der Waals surface area contributed by atoms with E-state index in [-0.39, 0.29) is 43.1 Å². The van der Waals surface area contributed by atoms with Crippen molar-refractivity contribution >= 4 is 23.1 Å². The van der Waals surface area contributed by atoms with Crippen molar-refractivity contribution in [1.29, 1.82) is 0 Å². The summed E-state index contributed by atoms with van der Waals surface area (Å²) < 4.78 is 21.2. The Morgan fingerprint density at radius 1 is 1.36 bits per heavy atom. The highest BCUT2D eigenvalue weighted by Crippen LogP contribution is 2.37. The predicted molar refractivity (Wildman–Crippen MR) is 139 cm³/mol. The summed E-state index contributed by atoms with van der Waals surface area (Å²) in [5.74, 6) is 5.18. The van der Waals surface area contributed by atoms with Gasteiger partial charge in [-0.25, -0.2) is 15.2 Å². The van der Waals surface area contributed by atoms with Crippen molar-refractivity contribution in [3.63, 3.8) is 0 Å². The summed E-state index contributed by atoms with van der Waals surface area (Å²) in [5.41, 5.74) is 8.77. The van der Waals surface area contributed by atoms with Gasteiger partial charge in [0, 0.05) is 47.1 Å². The van der Waals surface area contributed by atoms with E-state index in [0.717, 1.165) is 0 Å². The minimum Gasteiger partial charge on any atom is -0.399 e. The molecule has 2 aromatic heterocycles. The molecule has 1 aliphatic rings. The third-order valence-electron chi connectivity index (χ3n) is 6.52. The molecule has 7 N–H and O–H groups in total. The van der Waals surface area contributed by atoms with Crippen LogP contribution in [0, 0.1) is 12.7 Å². The number of nitrogens with one attached hydrogen (secondary N) is 1. The van der Waals surface area contributed by atoms with Crippen LogP contribution in [-0.4, -0.2) is 57.2 Å². The van der Waals surface area contributed by atoms with Crippen molar-refractivity contribution in [2.75, 3.05) is 20.3 Å². The number of amides is 1. The molecule has 12 nitrogen and oxygen atoms in total. The first-order chi connectivity index (χ1) is 18.6. The highest BCUT2D eigenvalue weighted by molar-refractivity contribution is 5.88. The zero-order valence-electron chi connectivity index (χ0n) is 21.4. The molecule has 0 spiro atoms. The summed E-state index contributed by atoms with van der Waals surface area (Å²) in [6.45, 7) is 0.983. The zero-order chi connectivity index (χ0) is 28.4. The summed E-state index contributed by atoms with van der Waals surface area (Å²) in [5, 5.41) is 23.5. The predicted octanol–water partition coefficient (Wildman–Crippen LogP) is -0.164. The molecule has 3 aromatic rings. The van der Waals surface area contributed by atoms with Crippen LogP contribution >= 0.6 is 0 Å². The molecule has 0 bridgehead atoms. The van der Waals surface area contributed by atoms with Crippen LogP contribution in [0.1, 0.15) is 33.9 Å². The molecule has 39 heavy (non-hydrogen) atoms. The van der Waals surface area contributed by atoms with Crippen LogP contribution < -0.4 is 22.5 Å². The van der Waals surface area contributed by atoms with Gasteiger partial charge in [0.1, 0.15) is 18.5 Å². The number of carbonyl (C=O) groups is 2. The van der Waals surface area contributed by atoms with Gasteiger partial charge in [0.25, 0.3) is 5.56 Å². The van der Waals surface area contributed by atoms with Gasteiger partial charge in [-0.1, -0.05) is 0 Å². The van der Waals surface area contributed by atoms with Gasteiger partial charge in [0.05, 0.1) is 43.1 Å². The lowest BCUT2D eigenvalue weighted by Crippen LogP contribution is -2.33. The van der Waals surface area contributed by atoms with Gasteiger partial charge >= 0.3 is 0 Å². The minimum atomic E-state index is -1.54. The number of aliphatic hydroxyl groups is 2. The maximum Gasteiger partial charge on any atom is 0.257 e. The van der Waals surface area contributed by atoms with Crippen molar-refractivity contribution in [3.8, 4) is 11.4 Å². The number of aldehydes is 1. The van der Waals surface area contributed by atoms with Crippen molar-refractivity contribution in [1.82, 2.24) is 19.9 Å². The number of benzene rings is 1. The molecule has 206 valence electrons. The van der Waals surface area contributed by atoms with E-state index in [4.69, 9.17) is 21.4 Å². The number of aliphatic hydroxyl groups excluding tert-OH is 2. The Balaban J connectivity index is 1.87. The van der Waals surface area contributed by atoms with Crippen molar-refractivity contribution < 1.29 is 28.9 Å². The number of hydrogen-bond donors (Lipinski definition) is 5. The molecule has 1 aliphatic heterocycles. The normalized spacial score (nSPS) is 13.2. The number of pyridine rings is 2. The standard InChI is InChI=1S/C26H29FN6O6/c1-13-3-15-17(8-32(29)7-14(28)6-30-24(37)11-35)18-9-33-22(25(18)31-21(15)5-20(13)27)4-16(23(36)10-34)19(12-39-2)26(33)38/h3-5,7,10,23,35-36H,6,8-9,11-12,28-29H2,1-2H3,(H,30,37)/b14-7-. The number of carbonyl (C=O) groups excluding carboxylic acids is 2. The van der Waals surface area contributed by atoms with E-state index in [0.29, 0.717) is 45.3 Å². The van der Waals surface area contributed by atoms with Crippen LogP contribution in [0.25, 0.3) is 22.3 Å². The Labute approximate surface area is 222 Å². The molecule has 1 atom stereocenters. The highest BCUT2D eigenvalue weighted by Gasteiger charge is 2.30. The van der Waals surface area contributed by atoms with E-state index < -0.39 is 30.0 Å². The zero-order valence-corrected chi connectivity index (χ0v) is 21.4. The number of methoxy groups -OCH3 is 1. The van der Waals surface area contributed by atoms with Crippen LogP contribution in [0.4, 0.5) is 4.39 Å². The Hall–Kier alpha value is -4.17. The molecular weight excluding hydrogens is 511 g/mol. The molecule has 0 aliphatic carbocycles. The topological polar surface area (TPSA) is 186 Å². The van der Waals surface area contributed by atoms with Crippen molar-refractivity contribution in [2.24, 2.45) is 11.6 Å². The average molecular weight is 541 g/mol. The molecule has 13 heteroatoms. The first-order valence-electron chi connectivity index (χ1n) is 12.0. The molecule has 0 saturated heterocycles. The molecule has 1 unspecified atom stereocenters. The Bertz CT molecular complexity index is 1550. The molecule has 4 rings (SSSR count). The van der Waals surface area contributed by atoms with Crippen LogP contribution in [0.2, 0.25) is 0 Å². The number of hydrazine groups is 1. The average Bonchev–Trinajstić information content (AvgIpc) is 3.27. The fourth-order valence-corrected chi connectivity index (χ4v) is 4.65. The van der Waals surface area contributed by atoms with Crippen molar-refractivity contribution in [3.05, 3.63) is 74.1 Å². The van der Waals surface area contributed by atoms with Gasteiger partial charge in [-0.05, 0) is 30.2 Å². The van der Waals surface area contributed by atoms with Crippen LogP contribution in [-0.2, 0) is 34.0 Å². The van der Waals surface area contributed by atoms with Gasteiger partial charge in [-0.3, -0.25) is 9.59 Å². The molecule has 1 amide bonds. The van der Waals surface area contributed by atoms with E-state index in [1.165, 1.54) is 35.0 Å². The third kappa shape index (κ3) is 5.38. The fourth-order valence-electron chi connectivity index (χ4n) is 4.65. The van der Waals surface area contributed by atoms with Gasteiger partial charge in [0.2, 0.25) is 5.91 Å². The number of rotatable bonds is 10. The van der Waals surface area contributed by atoms with Crippen LogP contribution in [0.5, 0.6) is 0 Å². The van der Waals surface area contributed by atoms with E-state index in [2.05, 4.69) is 10.3 Å². The molecular formula is C26H29FN6O6. The second kappa shape index (κ2) is 11.3. The lowest BCUT2D eigenvalue weighted by molar-refractivity contribution is -0.123. The number of halogens is 1. The molecule has 0 radical (unpaired) electrons. The van der Waals surface area contributed by atoms with Crippen molar-refractivity contribution in [2.45, 2.75) is 32.7 Å². The number of nitrogens with two attached hydrogens (primary N) is 2. The quantitative estimate of drug-likeness (QED) is 0.103.